The lowest BCUT2D eigenvalue weighted by molar-refractivity contribution is 0.122. The van der Waals surface area contributed by atoms with Crippen LogP contribution in [0, 0.1) is 6.92 Å². The van der Waals surface area contributed by atoms with Gasteiger partial charge < -0.3 is 19.9 Å². The molecule has 0 atom stereocenters. The minimum Gasteiger partial charge on any atom is -0.383 e. The third kappa shape index (κ3) is 5.78. The first kappa shape index (κ1) is 23.3. The summed E-state index contributed by atoms with van der Waals surface area (Å²) in [4.78, 5) is 23.1. The summed E-state index contributed by atoms with van der Waals surface area (Å²) in [5, 5.41) is 5.27. The molecular weight excluding hydrogens is 462 g/mol. The van der Waals surface area contributed by atoms with E-state index in [-0.39, 0.29) is 0 Å². The monoisotopic (exact) mass is 489 g/mol. The standard InChI is InChI=1S/C26H28ClN7O/c1-19-16-25(33-12-14-35-15-13-33)32-26(31-19)34(18-21-4-2-3-8-28-21)11-10-30-23-7-9-29-24-17-20(27)5-6-22(23)24/h2-9,16-17H,10-15,18H2,1H3,(H,29,30). The van der Waals surface area contributed by atoms with Crippen LogP contribution in [0.15, 0.2) is 60.9 Å². The van der Waals surface area contributed by atoms with Crippen LogP contribution < -0.4 is 15.1 Å². The minimum absolute atomic E-state index is 0.612. The van der Waals surface area contributed by atoms with E-state index in [1.165, 1.54) is 0 Å². The average Bonchev–Trinajstić information content (AvgIpc) is 2.89. The van der Waals surface area contributed by atoms with Crippen LogP contribution in [0.5, 0.6) is 0 Å². The molecule has 0 saturated carbocycles. The highest BCUT2D eigenvalue weighted by atomic mass is 35.5. The van der Waals surface area contributed by atoms with E-state index >= 15 is 0 Å². The Morgan fingerprint density at radius 3 is 2.74 bits per heavy atom. The fourth-order valence-corrected chi connectivity index (χ4v) is 4.34. The van der Waals surface area contributed by atoms with Crippen molar-refractivity contribution >= 4 is 40.0 Å². The zero-order chi connectivity index (χ0) is 24.0. The molecule has 0 spiro atoms. The molecule has 9 heteroatoms. The van der Waals surface area contributed by atoms with Gasteiger partial charge in [-0.1, -0.05) is 17.7 Å². The number of hydrogen-bond acceptors (Lipinski definition) is 8. The Morgan fingerprint density at radius 2 is 1.91 bits per heavy atom. The molecule has 0 amide bonds. The molecule has 5 rings (SSSR count). The number of hydrogen-bond donors (Lipinski definition) is 1. The quantitative estimate of drug-likeness (QED) is 0.391. The molecule has 0 bridgehead atoms. The molecule has 1 fully saturated rings. The number of nitrogens with one attached hydrogen (secondary N) is 1. The van der Waals surface area contributed by atoms with Crippen molar-refractivity contribution < 1.29 is 4.74 Å². The van der Waals surface area contributed by atoms with Crippen LogP contribution in [-0.4, -0.2) is 59.3 Å². The Morgan fingerprint density at radius 1 is 1.03 bits per heavy atom. The molecule has 0 unspecified atom stereocenters. The summed E-state index contributed by atoms with van der Waals surface area (Å²) >= 11 is 6.15. The third-order valence-electron chi connectivity index (χ3n) is 5.93. The molecule has 1 saturated heterocycles. The Labute approximate surface area is 210 Å². The van der Waals surface area contributed by atoms with Gasteiger partial charge >= 0.3 is 0 Å². The minimum atomic E-state index is 0.612. The Kier molecular flexibility index (Phi) is 7.20. The number of rotatable bonds is 8. The summed E-state index contributed by atoms with van der Waals surface area (Å²) < 4.78 is 5.52. The number of aromatic nitrogens is 4. The van der Waals surface area contributed by atoms with E-state index in [2.05, 4.69) is 25.1 Å². The summed E-state index contributed by atoms with van der Waals surface area (Å²) in [5.74, 6) is 1.64. The number of fused-ring (bicyclic) bond motifs is 1. The maximum absolute atomic E-state index is 6.15. The highest BCUT2D eigenvalue weighted by molar-refractivity contribution is 6.31. The van der Waals surface area contributed by atoms with E-state index in [4.69, 9.17) is 26.3 Å². The van der Waals surface area contributed by atoms with Crippen LogP contribution in [0.25, 0.3) is 10.9 Å². The SMILES string of the molecule is Cc1cc(N2CCOCC2)nc(N(CCNc2ccnc3cc(Cl)ccc23)Cc2ccccn2)n1. The Balaban J connectivity index is 1.38. The maximum Gasteiger partial charge on any atom is 0.227 e. The largest absolute Gasteiger partial charge is 0.383 e. The van der Waals surface area contributed by atoms with E-state index in [1.54, 1.807) is 6.20 Å². The molecule has 3 aromatic heterocycles. The molecule has 4 heterocycles. The van der Waals surface area contributed by atoms with Crippen LogP contribution in [-0.2, 0) is 11.3 Å². The molecule has 0 radical (unpaired) electrons. The Bertz CT molecular complexity index is 1280. The van der Waals surface area contributed by atoms with Gasteiger partial charge in [-0.3, -0.25) is 9.97 Å². The summed E-state index contributed by atoms with van der Waals surface area (Å²) in [6, 6.07) is 15.7. The van der Waals surface area contributed by atoms with Gasteiger partial charge in [-0.15, -0.1) is 0 Å². The number of benzene rings is 1. The molecular formula is C26H28ClN7O. The second-order valence-corrected chi connectivity index (χ2v) is 8.89. The van der Waals surface area contributed by atoms with Gasteiger partial charge in [0.2, 0.25) is 5.95 Å². The van der Waals surface area contributed by atoms with Gasteiger partial charge in [0, 0.05) is 66.4 Å². The lowest BCUT2D eigenvalue weighted by Gasteiger charge is -2.29. The van der Waals surface area contributed by atoms with Crippen molar-refractivity contribution in [1.82, 2.24) is 19.9 Å². The van der Waals surface area contributed by atoms with Crippen LogP contribution in [0.4, 0.5) is 17.5 Å². The average molecular weight is 490 g/mol. The third-order valence-corrected chi connectivity index (χ3v) is 6.16. The number of aryl methyl sites for hydroxylation is 1. The number of morpholine rings is 1. The van der Waals surface area contributed by atoms with Crippen LogP contribution in [0.3, 0.4) is 0 Å². The first-order valence-electron chi connectivity index (χ1n) is 11.8. The van der Waals surface area contributed by atoms with Gasteiger partial charge in [0.25, 0.3) is 0 Å². The van der Waals surface area contributed by atoms with Crippen molar-refractivity contribution in [3.05, 3.63) is 77.3 Å². The lowest BCUT2D eigenvalue weighted by atomic mass is 10.2. The predicted octanol–water partition coefficient (Wildman–Crippen LogP) is 4.34. The Hall–Kier alpha value is -3.49. The van der Waals surface area contributed by atoms with Crippen LogP contribution >= 0.6 is 11.6 Å². The molecule has 4 aromatic rings. The topological polar surface area (TPSA) is 79.3 Å². The number of nitrogens with zero attached hydrogens (tertiary/aromatic N) is 6. The van der Waals surface area contributed by atoms with Crippen LogP contribution in [0.1, 0.15) is 11.4 Å². The number of anilines is 3. The molecule has 0 aliphatic carbocycles. The van der Waals surface area contributed by atoms with Gasteiger partial charge in [-0.2, -0.15) is 4.98 Å². The van der Waals surface area contributed by atoms with Gasteiger partial charge in [0.1, 0.15) is 5.82 Å². The van der Waals surface area contributed by atoms with E-state index in [0.717, 1.165) is 46.9 Å². The zero-order valence-corrected chi connectivity index (χ0v) is 20.4. The van der Waals surface area contributed by atoms with Gasteiger partial charge in [-0.25, -0.2) is 4.98 Å². The highest BCUT2D eigenvalue weighted by Crippen LogP contribution is 2.25. The fraction of sp³-hybridized carbons (Fsp3) is 0.308. The van der Waals surface area contributed by atoms with Crippen molar-refractivity contribution in [2.75, 3.05) is 54.5 Å². The van der Waals surface area contributed by atoms with Gasteiger partial charge in [0.05, 0.1) is 31.0 Å². The molecule has 1 aromatic carbocycles. The molecule has 1 aliphatic rings. The number of halogens is 1. The van der Waals surface area contributed by atoms with E-state index in [0.29, 0.717) is 43.8 Å². The first-order chi connectivity index (χ1) is 17.2. The fourth-order valence-electron chi connectivity index (χ4n) is 4.17. The van der Waals surface area contributed by atoms with Crippen molar-refractivity contribution in [3.63, 3.8) is 0 Å². The van der Waals surface area contributed by atoms with Gasteiger partial charge in [-0.05, 0) is 43.3 Å². The van der Waals surface area contributed by atoms with E-state index in [9.17, 15) is 0 Å². The molecule has 8 nitrogen and oxygen atoms in total. The van der Waals surface area contributed by atoms with Crippen LogP contribution in [0.2, 0.25) is 5.02 Å². The van der Waals surface area contributed by atoms with E-state index in [1.807, 2.05) is 61.7 Å². The van der Waals surface area contributed by atoms with E-state index < -0.39 is 0 Å². The number of pyridine rings is 2. The van der Waals surface area contributed by atoms with Gasteiger partial charge in [0.15, 0.2) is 0 Å². The second kappa shape index (κ2) is 10.8. The first-order valence-corrected chi connectivity index (χ1v) is 12.1. The lowest BCUT2D eigenvalue weighted by Crippen LogP contribution is -2.37. The summed E-state index contributed by atoms with van der Waals surface area (Å²) in [6.07, 6.45) is 3.61. The molecule has 35 heavy (non-hydrogen) atoms. The zero-order valence-electron chi connectivity index (χ0n) is 19.7. The summed E-state index contributed by atoms with van der Waals surface area (Å²) in [7, 11) is 0. The summed E-state index contributed by atoms with van der Waals surface area (Å²) in [6.45, 7) is 7.10. The predicted molar refractivity (Wildman–Crippen MR) is 140 cm³/mol. The summed E-state index contributed by atoms with van der Waals surface area (Å²) in [5.41, 5.74) is 3.79. The van der Waals surface area contributed by atoms with Crippen molar-refractivity contribution in [3.8, 4) is 0 Å². The van der Waals surface area contributed by atoms with Crippen molar-refractivity contribution in [1.29, 1.82) is 0 Å². The smallest absolute Gasteiger partial charge is 0.227 e. The second-order valence-electron chi connectivity index (χ2n) is 8.46. The normalized spacial score (nSPS) is 13.7. The van der Waals surface area contributed by atoms with Crippen molar-refractivity contribution in [2.45, 2.75) is 13.5 Å². The number of ether oxygens (including phenoxy) is 1. The van der Waals surface area contributed by atoms with Crippen molar-refractivity contribution in [2.24, 2.45) is 0 Å². The highest BCUT2D eigenvalue weighted by Gasteiger charge is 2.18. The molecule has 1 aliphatic heterocycles. The molecule has 1 N–H and O–H groups in total. The maximum atomic E-state index is 6.15. The molecule has 180 valence electrons.